The monoisotopic (exact) mass is 242 g/mol. The van der Waals surface area contributed by atoms with Gasteiger partial charge < -0.3 is 10.5 Å². The van der Waals surface area contributed by atoms with Crippen LogP contribution in [0.3, 0.4) is 0 Å². The van der Waals surface area contributed by atoms with E-state index in [2.05, 4.69) is 6.07 Å². The molecule has 0 amide bonds. The van der Waals surface area contributed by atoms with Crippen molar-refractivity contribution in [3.63, 3.8) is 0 Å². The van der Waals surface area contributed by atoms with Gasteiger partial charge in [0.25, 0.3) is 0 Å². The zero-order valence-corrected chi connectivity index (χ0v) is 9.77. The van der Waals surface area contributed by atoms with Gasteiger partial charge in [0.2, 0.25) is 0 Å². The molecule has 0 bridgehead atoms. The van der Waals surface area contributed by atoms with E-state index in [0.29, 0.717) is 17.0 Å². The number of benzene rings is 2. The van der Waals surface area contributed by atoms with E-state index < -0.39 is 5.82 Å². The fraction of sp³-hybridized carbons (Fsp3) is 0.0714. The number of nitrogens with two attached hydrogens (primary N) is 1. The number of nitrogen functional groups attached to an aromatic ring is 1. The first-order valence-corrected chi connectivity index (χ1v) is 5.34. The molecule has 0 unspecified atom stereocenters. The van der Waals surface area contributed by atoms with Crippen molar-refractivity contribution in [1.82, 2.24) is 0 Å². The van der Waals surface area contributed by atoms with E-state index in [1.54, 1.807) is 25.1 Å². The van der Waals surface area contributed by atoms with Gasteiger partial charge >= 0.3 is 0 Å². The number of anilines is 1. The van der Waals surface area contributed by atoms with Gasteiger partial charge in [0.15, 0.2) is 5.75 Å². The summed E-state index contributed by atoms with van der Waals surface area (Å²) in [7, 11) is 0. The molecule has 0 heterocycles. The first-order chi connectivity index (χ1) is 8.60. The molecule has 0 radical (unpaired) electrons. The van der Waals surface area contributed by atoms with Crippen molar-refractivity contribution in [3.05, 3.63) is 53.3 Å². The molecule has 0 aliphatic heterocycles. The van der Waals surface area contributed by atoms with E-state index in [-0.39, 0.29) is 5.75 Å². The second kappa shape index (κ2) is 4.76. The van der Waals surface area contributed by atoms with E-state index >= 15 is 0 Å². The Labute approximate surface area is 104 Å². The van der Waals surface area contributed by atoms with Gasteiger partial charge in [0, 0.05) is 6.07 Å². The lowest BCUT2D eigenvalue weighted by atomic mass is 10.1. The van der Waals surface area contributed by atoms with Crippen molar-refractivity contribution < 1.29 is 9.13 Å². The third kappa shape index (κ3) is 2.41. The Morgan fingerprint density at radius 3 is 2.67 bits per heavy atom. The zero-order chi connectivity index (χ0) is 13.1. The van der Waals surface area contributed by atoms with E-state index in [1.165, 1.54) is 18.2 Å². The second-order valence-corrected chi connectivity index (χ2v) is 3.87. The number of rotatable bonds is 2. The number of aryl methyl sites for hydroxylation is 1. The van der Waals surface area contributed by atoms with Crippen LogP contribution < -0.4 is 10.5 Å². The van der Waals surface area contributed by atoms with Crippen LogP contribution in [0, 0.1) is 24.1 Å². The molecule has 0 saturated carbocycles. The predicted octanol–water partition coefficient (Wildman–Crippen LogP) is 3.38. The quantitative estimate of drug-likeness (QED) is 0.821. The summed E-state index contributed by atoms with van der Waals surface area (Å²) < 4.78 is 18.6. The Bertz CT molecular complexity index is 632. The molecule has 18 heavy (non-hydrogen) atoms. The molecule has 0 spiro atoms. The van der Waals surface area contributed by atoms with Crippen molar-refractivity contribution >= 4 is 5.69 Å². The van der Waals surface area contributed by atoms with Gasteiger partial charge in [0.1, 0.15) is 11.6 Å². The van der Waals surface area contributed by atoms with Gasteiger partial charge in [-0.25, -0.2) is 4.39 Å². The maximum absolute atomic E-state index is 13.1. The highest BCUT2D eigenvalue weighted by atomic mass is 19.1. The molecular weight excluding hydrogens is 231 g/mol. The standard InChI is InChI=1S/C14H11FN2O/c1-9-6-12(4-2-10(9)8-16)18-14-7-11(15)3-5-13(14)17/h2-7H,17H2,1H3. The van der Waals surface area contributed by atoms with Crippen LogP contribution in [0.2, 0.25) is 0 Å². The SMILES string of the molecule is Cc1cc(Oc2cc(F)ccc2N)ccc1C#N. The Balaban J connectivity index is 2.32. The van der Waals surface area contributed by atoms with Crippen LogP contribution in [0.25, 0.3) is 0 Å². The average Bonchev–Trinajstić information content (AvgIpc) is 2.34. The number of halogens is 1. The smallest absolute Gasteiger partial charge is 0.153 e. The summed E-state index contributed by atoms with van der Waals surface area (Å²) >= 11 is 0. The van der Waals surface area contributed by atoms with Crippen LogP contribution >= 0.6 is 0 Å². The molecule has 0 aliphatic carbocycles. The van der Waals surface area contributed by atoms with Gasteiger partial charge in [-0.2, -0.15) is 5.26 Å². The van der Waals surface area contributed by atoms with Crippen molar-refractivity contribution in [2.75, 3.05) is 5.73 Å². The van der Waals surface area contributed by atoms with Gasteiger partial charge in [-0.15, -0.1) is 0 Å². The first kappa shape index (κ1) is 11.9. The normalized spacial score (nSPS) is 9.83. The van der Waals surface area contributed by atoms with Crippen LogP contribution in [0.1, 0.15) is 11.1 Å². The molecule has 2 aromatic carbocycles. The van der Waals surface area contributed by atoms with Gasteiger partial charge in [-0.05, 0) is 42.8 Å². The largest absolute Gasteiger partial charge is 0.455 e. The van der Waals surface area contributed by atoms with Crippen LogP contribution in [-0.4, -0.2) is 0 Å². The highest BCUT2D eigenvalue weighted by Crippen LogP contribution is 2.29. The molecule has 90 valence electrons. The lowest BCUT2D eigenvalue weighted by Gasteiger charge is -2.09. The maximum atomic E-state index is 13.1. The lowest BCUT2D eigenvalue weighted by molar-refractivity contribution is 0.479. The Morgan fingerprint density at radius 1 is 1.22 bits per heavy atom. The van der Waals surface area contributed by atoms with Gasteiger partial charge in [-0.3, -0.25) is 0 Å². The summed E-state index contributed by atoms with van der Waals surface area (Å²) in [6.07, 6.45) is 0. The molecule has 2 rings (SSSR count). The summed E-state index contributed by atoms with van der Waals surface area (Å²) in [5.74, 6) is 0.368. The summed E-state index contributed by atoms with van der Waals surface area (Å²) in [5, 5.41) is 8.82. The van der Waals surface area contributed by atoms with Crippen LogP contribution in [0.5, 0.6) is 11.5 Å². The van der Waals surface area contributed by atoms with E-state index in [0.717, 1.165) is 5.56 Å². The number of nitrogens with zero attached hydrogens (tertiary/aromatic N) is 1. The Kier molecular flexibility index (Phi) is 3.16. The molecule has 2 aromatic rings. The summed E-state index contributed by atoms with van der Waals surface area (Å²) in [6.45, 7) is 1.81. The van der Waals surface area contributed by atoms with Crippen molar-refractivity contribution in [2.45, 2.75) is 6.92 Å². The van der Waals surface area contributed by atoms with Crippen molar-refractivity contribution in [2.24, 2.45) is 0 Å². The lowest BCUT2D eigenvalue weighted by Crippen LogP contribution is -1.93. The van der Waals surface area contributed by atoms with Crippen LogP contribution in [-0.2, 0) is 0 Å². The highest BCUT2D eigenvalue weighted by molar-refractivity contribution is 5.54. The molecule has 4 heteroatoms. The molecule has 0 aliphatic rings. The topological polar surface area (TPSA) is 59.0 Å². The minimum Gasteiger partial charge on any atom is -0.455 e. The van der Waals surface area contributed by atoms with Crippen molar-refractivity contribution in [1.29, 1.82) is 5.26 Å². The zero-order valence-electron chi connectivity index (χ0n) is 9.77. The fourth-order valence-corrected chi connectivity index (χ4v) is 1.55. The van der Waals surface area contributed by atoms with Gasteiger partial charge in [-0.1, -0.05) is 0 Å². The predicted molar refractivity (Wildman–Crippen MR) is 66.8 cm³/mol. The van der Waals surface area contributed by atoms with E-state index in [9.17, 15) is 4.39 Å². The van der Waals surface area contributed by atoms with Gasteiger partial charge in [0.05, 0.1) is 17.3 Å². The summed E-state index contributed by atoms with van der Waals surface area (Å²) in [5.41, 5.74) is 7.42. The molecule has 0 aromatic heterocycles. The third-order valence-electron chi connectivity index (χ3n) is 2.52. The first-order valence-electron chi connectivity index (χ1n) is 5.34. The van der Waals surface area contributed by atoms with E-state index in [4.69, 9.17) is 15.7 Å². The second-order valence-electron chi connectivity index (χ2n) is 3.87. The molecule has 0 saturated heterocycles. The maximum Gasteiger partial charge on any atom is 0.153 e. The number of ether oxygens (including phenoxy) is 1. The molecular formula is C14H11FN2O. The fourth-order valence-electron chi connectivity index (χ4n) is 1.55. The Hall–Kier alpha value is -2.54. The summed E-state index contributed by atoms with van der Waals surface area (Å²) in [6, 6.07) is 11.0. The van der Waals surface area contributed by atoms with Crippen LogP contribution in [0.4, 0.5) is 10.1 Å². The Morgan fingerprint density at radius 2 is 2.00 bits per heavy atom. The highest BCUT2D eigenvalue weighted by Gasteiger charge is 2.05. The average molecular weight is 242 g/mol. The minimum atomic E-state index is -0.412. The number of hydrogen-bond donors (Lipinski definition) is 1. The van der Waals surface area contributed by atoms with Crippen LogP contribution in [0.15, 0.2) is 36.4 Å². The molecule has 0 atom stereocenters. The minimum absolute atomic E-state index is 0.263. The molecule has 2 N–H and O–H groups in total. The molecule has 3 nitrogen and oxygen atoms in total. The summed E-state index contributed by atoms with van der Waals surface area (Å²) in [4.78, 5) is 0. The van der Waals surface area contributed by atoms with Crippen molar-refractivity contribution in [3.8, 4) is 17.6 Å². The third-order valence-corrected chi connectivity index (χ3v) is 2.52. The van der Waals surface area contributed by atoms with E-state index in [1.807, 2.05) is 0 Å². The number of nitriles is 1. The molecule has 0 fully saturated rings. The number of hydrogen-bond acceptors (Lipinski definition) is 3.